The number of rotatable bonds is 9. The number of carbonyl (C=O) groups excluding carboxylic acids is 2. The van der Waals surface area contributed by atoms with Crippen LogP contribution in [0.3, 0.4) is 0 Å². The molecule has 0 radical (unpaired) electrons. The third kappa shape index (κ3) is 5.96. The Morgan fingerprint density at radius 2 is 2.03 bits per heavy atom. The third-order valence-electron chi connectivity index (χ3n) is 4.21. The summed E-state index contributed by atoms with van der Waals surface area (Å²) in [7, 11) is 1.24. The second-order valence-electron chi connectivity index (χ2n) is 6.42. The number of hydrogen-bond donors (Lipinski definition) is 1. The fourth-order valence-corrected chi connectivity index (χ4v) is 3.94. The van der Waals surface area contributed by atoms with Gasteiger partial charge in [0.1, 0.15) is 0 Å². The minimum Gasteiger partial charge on any atom is -0.490 e. The molecule has 0 spiro atoms. The summed E-state index contributed by atoms with van der Waals surface area (Å²) in [6, 6.07) is 9.08. The predicted octanol–water partition coefficient (Wildman–Crippen LogP) is 4.18. The van der Waals surface area contributed by atoms with Crippen LogP contribution in [-0.2, 0) is 9.53 Å². The summed E-state index contributed by atoms with van der Waals surface area (Å²) < 4.78 is 16.2. The Hall–Kier alpha value is -3.70. The van der Waals surface area contributed by atoms with E-state index in [0.717, 1.165) is 4.70 Å². The van der Waals surface area contributed by atoms with Gasteiger partial charge in [-0.1, -0.05) is 11.6 Å². The molecule has 1 N–H and O–H groups in total. The highest BCUT2D eigenvalue weighted by Gasteiger charge is 2.15. The molecule has 0 aliphatic rings. The van der Waals surface area contributed by atoms with E-state index < -0.39 is 16.8 Å². The summed E-state index contributed by atoms with van der Waals surface area (Å²) in [6.45, 7) is 1.77. The minimum atomic E-state index is -0.572. The predicted molar refractivity (Wildman–Crippen MR) is 124 cm³/mol. The lowest BCUT2D eigenvalue weighted by molar-refractivity contribution is -0.384. The number of nitrogens with zero attached hydrogens (tertiary/aromatic N) is 2. The third-order valence-corrected chi connectivity index (χ3v) is 5.60. The zero-order chi connectivity index (χ0) is 24.0. The van der Waals surface area contributed by atoms with Crippen LogP contribution in [0.1, 0.15) is 22.2 Å². The van der Waals surface area contributed by atoms with E-state index in [4.69, 9.17) is 21.1 Å². The zero-order valence-electron chi connectivity index (χ0n) is 17.5. The van der Waals surface area contributed by atoms with Crippen LogP contribution in [0.4, 0.5) is 5.69 Å². The lowest BCUT2D eigenvalue weighted by Gasteiger charge is -2.13. The number of hydrogen-bond acceptors (Lipinski definition) is 9. The normalized spacial score (nSPS) is 10.9. The van der Waals surface area contributed by atoms with Crippen molar-refractivity contribution in [3.05, 3.63) is 62.0 Å². The molecule has 172 valence electrons. The van der Waals surface area contributed by atoms with Gasteiger partial charge in [-0.2, -0.15) is 5.10 Å². The van der Waals surface area contributed by atoms with Crippen molar-refractivity contribution in [1.29, 1.82) is 0 Å². The molecule has 0 aliphatic carbocycles. The Bertz CT molecular complexity index is 1240. The second-order valence-corrected chi connectivity index (χ2v) is 7.91. The number of nitro benzene ring substituents is 1. The summed E-state index contributed by atoms with van der Waals surface area (Å²) in [5.41, 5.74) is 2.87. The summed E-state index contributed by atoms with van der Waals surface area (Å²) in [4.78, 5) is 34.5. The highest BCUT2D eigenvalue weighted by atomic mass is 35.5. The quantitative estimate of drug-likeness (QED) is 0.206. The van der Waals surface area contributed by atoms with Crippen LogP contribution >= 0.6 is 22.9 Å². The Labute approximate surface area is 196 Å². The number of ether oxygens (including phenoxy) is 3. The van der Waals surface area contributed by atoms with E-state index in [-0.39, 0.29) is 23.1 Å². The molecule has 0 fully saturated rings. The fourth-order valence-electron chi connectivity index (χ4n) is 2.73. The molecule has 33 heavy (non-hydrogen) atoms. The van der Waals surface area contributed by atoms with Crippen LogP contribution in [0.25, 0.3) is 10.1 Å². The van der Waals surface area contributed by atoms with Crippen molar-refractivity contribution in [3.8, 4) is 11.5 Å². The van der Waals surface area contributed by atoms with E-state index in [9.17, 15) is 19.7 Å². The number of nitro groups is 1. The molecule has 10 nitrogen and oxygen atoms in total. The number of hydrazone groups is 1. The molecule has 1 amide bonds. The second kappa shape index (κ2) is 10.7. The topological polar surface area (TPSA) is 129 Å². The monoisotopic (exact) mass is 491 g/mol. The lowest BCUT2D eigenvalue weighted by Crippen LogP contribution is -2.16. The lowest BCUT2D eigenvalue weighted by atomic mass is 10.2. The molecule has 0 unspecified atom stereocenters. The number of carbonyl (C=O) groups is 2. The number of thiophene rings is 1. The molecule has 0 saturated heterocycles. The number of methoxy groups -OCH3 is 1. The standard InChI is InChI=1S/C21H18ClN3O7S/c1-3-31-16-7-12(6-15(22)20(16)32-11-19(26)30-2)10-23-24-21(27)18-9-13-8-14(25(28)29)4-5-17(13)33-18/h4-10H,3,11H2,1-2H3,(H,24,27)/b23-10-. The van der Waals surface area contributed by atoms with Gasteiger partial charge in [0.2, 0.25) is 0 Å². The number of non-ortho nitro benzene ring substituents is 1. The average Bonchev–Trinajstić information content (AvgIpc) is 3.22. The van der Waals surface area contributed by atoms with Crippen molar-refractivity contribution < 1.29 is 28.7 Å². The van der Waals surface area contributed by atoms with Gasteiger partial charge in [0.05, 0.1) is 34.8 Å². The number of nitrogens with one attached hydrogen (secondary N) is 1. The summed E-state index contributed by atoms with van der Waals surface area (Å²) >= 11 is 7.45. The number of amides is 1. The molecule has 0 aliphatic heterocycles. The van der Waals surface area contributed by atoms with Crippen LogP contribution in [0, 0.1) is 10.1 Å². The van der Waals surface area contributed by atoms with E-state index in [1.165, 1.54) is 42.9 Å². The maximum absolute atomic E-state index is 12.4. The van der Waals surface area contributed by atoms with Gasteiger partial charge in [0.25, 0.3) is 11.6 Å². The van der Waals surface area contributed by atoms with Gasteiger partial charge in [-0.3, -0.25) is 14.9 Å². The number of halogens is 1. The number of benzene rings is 2. The SMILES string of the molecule is CCOc1cc(/C=N\NC(=O)c2cc3cc([N+](=O)[O-])ccc3s2)cc(Cl)c1OCC(=O)OC. The van der Waals surface area contributed by atoms with Crippen LogP contribution in [0.2, 0.25) is 5.02 Å². The van der Waals surface area contributed by atoms with E-state index in [0.29, 0.717) is 28.2 Å². The molecular formula is C21H18ClN3O7S. The highest BCUT2D eigenvalue weighted by molar-refractivity contribution is 7.20. The molecule has 0 bridgehead atoms. The summed E-state index contributed by atoms with van der Waals surface area (Å²) in [5.74, 6) is -0.556. The largest absolute Gasteiger partial charge is 0.490 e. The van der Waals surface area contributed by atoms with Gasteiger partial charge >= 0.3 is 5.97 Å². The van der Waals surface area contributed by atoms with Gasteiger partial charge in [-0.15, -0.1) is 11.3 Å². The Balaban J connectivity index is 1.73. The van der Waals surface area contributed by atoms with Crippen molar-refractivity contribution in [1.82, 2.24) is 5.43 Å². The van der Waals surface area contributed by atoms with Crippen LogP contribution in [0.5, 0.6) is 11.5 Å². The van der Waals surface area contributed by atoms with Gasteiger partial charge in [0, 0.05) is 22.2 Å². The Kier molecular flexibility index (Phi) is 7.80. The molecule has 2 aromatic carbocycles. The molecule has 3 rings (SSSR count). The van der Waals surface area contributed by atoms with E-state index >= 15 is 0 Å². The Morgan fingerprint density at radius 1 is 1.24 bits per heavy atom. The molecule has 1 aromatic heterocycles. The van der Waals surface area contributed by atoms with Crippen molar-refractivity contribution in [2.75, 3.05) is 20.3 Å². The van der Waals surface area contributed by atoms with Crippen LogP contribution < -0.4 is 14.9 Å². The molecular weight excluding hydrogens is 474 g/mol. The molecule has 1 heterocycles. The maximum atomic E-state index is 12.4. The number of esters is 1. The van der Waals surface area contributed by atoms with Gasteiger partial charge in [-0.25, -0.2) is 10.2 Å². The average molecular weight is 492 g/mol. The van der Waals surface area contributed by atoms with Crippen LogP contribution in [0.15, 0.2) is 41.5 Å². The maximum Gasteiger partial charge on any atom is 0.343 e. The molecule has 12 heteroatoms. The van der Waals surface area contributed by atoms with Gasteiger partial charge in [-0.05, 0) is 36.8 Å². The molecule has 0 atom stereocenters. The zero-order valence-corrected chi connectivity index (χ0v) is 19.1. The van der Waals surface area contributed by atoms with E-state index in [2.05, 4.69) is 15.3 Å². The van der Waals surface area contributed by atoms with Crippen molar-refractivity contribution in [2.24, 2.45) is 5.10 Å². The van der Waals surface area contributed by atoms with Crippen molar-refractivity contribution in [2.45, 2.75) is 6.92 Å². The van der Waals surface area contributed by atoms with Crippen molar-refractivity contribution >= 4 is 56.8 Å². The summed E-state index contributed by atoms with van der Waals surface area (Å²) in [5, 5.41) is 15.6. The van der Waals surface area contributed by atoms with Gasteiger partial charge < -0.3 is 14.2 Å². The first-order chi connectivity index (χ1) is 15.8. The Morgan fingerprint density at radius 3 is 2.73 bits per heavy atom. The van der Waals surface area contributed by atoms with Crippen molar-refractivity contribution in [3.63, 3.8) is 0 Å². The minimum absolute atomic E-state index is 0.0497. The van der Waals surface area contributed by atoms with E-state index in [1.54, 1.807) is 25.1 Å². The summed E-state index contributed by atoms with van der Waals surface area (Å²) in [6.07, 6.45) is 1.37. The first-order valence-corrected chi connectivity index (χ1v) is 10.7. The number of fused-ring (bicyclic) bond motifs is 1. The first-order valence-electron chi connectivity index (χ1n) is 9.49. The first kappa shape index (κ1) is 24.0. The smallest absolute Gasteiger partial charge is 0.343 e. The van der Waals surface area contributed by atoms with Crippen LogP contribution in [-0.4, -0.2) is 43.3 Å². The molecule has 3 aromatic rings. The fraction of sp³-hybridized carbons (Fsp3) is 0.190. The van der Waals surface area contributed by atoms with Gasteiger partial charge in [0.15, 0.2) is 18.1 Å². The highest BCUT2D eigenvalue weighted by Crippen LogP contribution is 2.36. The molecule has 0 saturated carbocycles. The van der Waals surface area contributed by atoms with E-state index in [1.807, 2.05) is 0 Å².